The molecule has 1 rings (SSSR count). The van der Waals surface area contributed by atoms with E-state index in [1.54, 1.807) is 15.9 Å². The van der Waals surface area contributed by atoms with Crippen molar-refractivity contribution in [2.45, 2.75) is 26.3 Å². The summed E-state index contributed by atoms with van der Waals surface area (Å²) < 4.78 is 6.15. The average Bonchev–Trinajstić information content (AvgIpc) is 2.89. The Bertz CT molecular complexity index is 378. The Balaban J connectivity index is 2.34. The van der Waals surface area contributed by atoms with Gasteiger partial charge in [-0.1, -0.05) is 0 Å². The Labute approximate surface area is 106 Å². The molecule has 0 aliphatic heterocycles. The summed E-state index contributed by atoms with van der Waals surface area (Å²) in [5.74, 6) is -0.311. The average molecular weight is 254 g/mol. The molecule has 0 bridgehead atoms. The van der Waals surface area contributed by atoms with Gasteiger partial charge in [-0.2, -0.15) is 5.10 Å². The van der Waals surface area contributed by atoms with Gasteiger partial charge in [0.15, 0.2) is 0 Å². The van der Waals surface area contributed by atoms with Gasteiger partial charge in [-0.3, -0.25) is 14.3 Å². The lowest BCUT2D eigenvalue weighted by Crippen LogP contribution is -2.33. The molecule has 1 amide bonds. The molecule has 0 aromatic carbocycles. The van der Waals surface area contributed by atoms with Crippen LogP contribution in [-0.4, -0.2) is 51.7 Å². The molecule has 0 saturated carbocycles. The van der Waals surface area contributed by atoms with Crippen LogP contribution in [0.1, 0.15) is 19.8 Å². The molecule has 0 unspecified atom stereocenters. The standard InChI is InChI=1S/C11H18N4O3/c1-3-14(6-5-11(17)18-2)10(16)4-7-15-9-12-8-13-15/h8-9H,3-7H2,1-2H3. The normalized spacial score (nSPS) is 10.1. The molecule has 0 fully saturated rings. The Morgan fingerprint density at radius 2 is 2.17 bits per heavy atom. The van der Waals surface area contributed by atoms with E-state index >= 15 is 0 Å². The first-order valence-electron chi connectivity index (χ1n) is 5.84. The molecular weight excluding hydrogens is 236 g/mol. The van der Waals surface area contributed by atoms with Gasteiger partial charge >= 0.3 is 5.97 Å². The van der Waals surface area contributed by atoms with Crippen molar-refractivity contribution in [1.82, 2.24) is 19.7 Å². The fourth-order valence-corrected chi connectivity index (χ4v) is 1.50. The van der Waals surface area contributed by atoms with Crippen molar-refractivity contribution in [2.75, 3.05) is 20.2 Å². The molecule has 0 spiro atoms. The summed E-state index contributed by atoms with van der Waals surface area (Å²) in [6, 6.07) is 0. The number of rotatable bonds is 7. The Kier molecular flexibility index (Phi) is 5.83. The third kappa shape index (κ3) is 4.52. The first-order valence-corrected chi connectivity index (χ1v) is 5.84. The molecule has 0 N–H and O–H groups in total. The Hall–Kier alpha value is -1.92. The zero-order valence-electron chi connectivity index (χ0n) is 10.7. The number of aryl methyl sites for hydroxylation is 1. The van der Waals surface area contributed by atoms with Crippen LogP contribution in [0.15, 0.2) is 12.7 Å². The summed E-state index contributed by atoms with van der Waals surface area (Å²) in [5, 5.41) is 3.92. The highest BCUT2D eigenvalue weighted by Crippen LogP contribution is 1.99. The summed E-state index contributed by atoms with van der Waals surface area (Å²) in [5.41, 5.74) is 0. The second kappa shape index (κ2) is 7.41. The predicted octanol–water partition coefficient (Wildman–Crippen LogP) is 0.0798. The smallest absolute Gasteiger partial charge is 0.307 e. The summed E-state index contributed by atoms with van der Waals surface area (Å²) in [4.78, 5) is 28.3. The largest absolute Gasteiger partial charge is 0.469 e. The van der Waals surface area contributed by atoms with E-state index < -0.39 is 0 Å². The predicted molar refractivity (Wildman–Crippen MR) is 63.5 cm³/mol. The minimum Gasteiger partial charge on any atom is -0.469 e. The van der Waals surface area contributed by atoms with E-state index in [4.69, 9.17) is 0 Å². The van der Waals surface area contributed by atoms with Gasteiger partial charge in [-0.15, -0.1) is 0 Å². The number of carbonyl (C=O) groups is 2. The zero-order chi connectivity index (χ0) is 13.4. The maximum atomic E-state index is 11.9. The molecular formula is C11H18N4O3. The summed E-state index contributed by atoms with van der Waals surface area (Å²) in [7, 11) is 1.34. The van der Waals surface area contributed by atoms with Crippen molar-refractivity contribution in [3.8, 4) is 0 Å². The molecule has 0 aliphatic carbocycles. The number of carbonyl (C=O) groups excluding carboxylic acids is 2. The van der Waals surface area contributed by atoms with E-state index in [1.165, 1.54) is 13.4 Å². The lowest BCUT2D eigenvalue weighted by atomic mass is 10.3. The van der Waals surface area contributed by atoms with Crippen LogP contribution in [0.4, 0.5) is 0 Å². The van der Waals surface area contributed by atoms with Crippen LogP contribution in [0.25, 0.3) is 0 Å². The zero-order valence-corrected chi connectivity index (χ0v) is 10.7. The molecule has 0 aliphatic rings. The van der Waals surface area contributed by atoms with Crippen molar-refractivity contribution in [3.05, 3.63) is 12.7 Å². The number of hydrogen-bond acceptors (Lipinski definition) is 5. The molecule has 7 nitrogen and oxygen atoms in total. The van der Waals surface area contributed by atoms with Crippen LogP contribution in [0.3, 0.4) is 0 Å². The highest BCUT2D eigenvalue weighted by Gasteiger charge is 2.13. The van der Waals surface area contributed by atoms with Gasteiger partial charge in [0, 0.05) is 19.5 Å². The Morgan fingerprint density at radius 1 is 1.39 bits per heavy atom. The molecule has 0 radical (unpaired) electrons. The first-order chi connectivity index (χ1) is 8.67. The number of esters is 1. The van der Waals surface area contributed by atoms with Crippen LogP contribution < -0.4 is 0 Å². The molecule has 0 saturated heterocycles. The molecule has 100 valence electrons. The van der Waals surface area contributed by atoms with Crippen molar-refractivity contribution in [3.63, 3.8) is 0 Å². The molecule has 18 heavy (non-hydrogen) atoms. The van der Waals surface area contributed by atoms with Gasteiger partial charge in [0.25, 0.3) is 0 Å². The molecule has 7 heteroatoms. The van der Waals surface area contributed by atoms with Crippen molar-refractivity contribution in [1.29, 1.82) is 0 Å². The van der Waals surface area contributed by atoms with Gasteiger partial charge in [0.05, 0.1) is 20.1 Å². The van der Waals surface area contributed by atoms with E-state index in [9.17, 15) is 9.59 Å². The van der Waals surface area contributed by atoms with E-state index in [0.29, 0.717) is 26.1 Å². The fourth-order valence-electron chi connectivity index (χ4n) is 1.50. The molecule has 1 aromatic heterocycles. The Morgan fingerprint density at radius 3 is 2.72 bits per heavy atom. The van der Waals surface area contributed by atoms with E-state index in [0.717, 1.165) is 0 Å². The van der Waals surface area contributed by atoms with Crippen molar-refractivity contribution < 1.29 is 14.3 Å². The van der Waals surface area contributed by atoms with Crippen LogP contribution in [-0.2, 0) is 20.9 Å². The van der Waals surface area contributed by atoms with Gasteiger partial charge in [-0.05, 0) is 6.92 Å². The first kappa shape index (κ1) is 14.1. The van der Waals surface area contributed by atoms with Gasteiger partial charge in [0.1, 0.15) is 12.7 Å². The number of amides is 1. The lowest BCUT2D eigenvalue weighted by molar-refractivity contribution is -0.141. The quantitative estimate of drug-likeness (QED) is 0.644. The second-order valence-corrected chi connectivity index (χ2v) is 3.71. The SMILES string of the molecule is CCN(CCC(=O)OC)C(=O)CCn1cncn1. The number of aromatic nitrogens is 3. The van der Waals surface area contributed by atoms with E-state index in [1.807, 2.05) is 6.92 Å². The van der Waals surface area contributed by atoms with E-state index in [-0.39, 0.29) is 18.3 Å². The van der Waals surface area contributed by atoms with Crippen molar-refractivity contribution >= 4 is 11.9 Å². The second-order valence-electron chi connectivity index (χ2n) is 3.71. The third-order valence-electron chi connectivity index (χ3n) is 2.57. The molecule has 1 aromatic rings. The van der Waals surface area contributed by atoms with E-state index in [2.05, 4.69) is 14.8 Å². The monoisotopic (exact) mass is 254 g/mol. The number of nitrogens with zero attached hydrogens (tertiary/aromatic N) is 4. The summed E-state index contributed by atoms with van der Waals surface area (Å²) in [6.45, 7) is 3.34. The third-order valence-corrected chi connectivity index (χ3v) is 2.57. The summed E-state index contributed by atoms with van der Waals surface area (Å²) >= 11 is 0. The maximum absolute atomic E-state index is 11.9. The van der Waals surface area contributed by atoms with Crippen LogP contribution in [0, 0.1) is 0 Å². The number of hydrogen-bond donors (Lipinski definition) is 0. The van der Waals surface area contributed by atoms with Crippen molar-refractivity contribution in [2.24, 2.45) is 0 Å². The van der Waals surface area contributed by atoms with Gasteiger partial charge in [-0.25, -0.2) is 4.98 Å². The molecule has 1 heterocycles. The minimum absolute atomic E-state index is 0.00287. The van der Waals surface area contributed by atoms with Crippen LogP contribution in [0.2, 0.25) is 0 Å². The number of ether oxygens (including phenoxy) is 1. The highest BCUT2D eigenvalue weighted by molar-refractivity contribution is 5.77. The van der Waals surface area contributed by atoms with Crippen LogP contribution >= 0.6 is 0 Å². The summed E-state index contributed by atoms with van der Waals surface area (Å²) in [6.07, 6.45) is 3.56. The topological polar surface area (TPSA) is 77.3 Å². The fraction of sp³-hybridized carbons (Fsp3) is 0.636. The highest BCUT2D eigenvalue weighted by atomic mass is 16.5. The maximum Gasteiger partial charge on any atom is 0.307 e. The molecule has 0 atom stereocenters. The lowest BCUT2D eigenvalue weighted by Gasteiger charge is -2.20. The number of methoxy groups -OCH3 is 1. The van der Waals surface area contributed by atoms with Crippen LogP contribution in [0.5, 0.6) is 0 Å². The minimum atomic E-state index is -0.308. The van der Waals surface area contributed by atoms with Gasteiger partial charge < -0.3 is 9.64 Å². The van der Waals surface area contributed by atoms with Gasteiger partial charge in [0.2, 0.25) is 5.91 Å².